The minimum Gasteiger partial charge on any atom is -0.494 e. The first-order chi connectivity index (χ1) is 14.7. The van der Waals surface area contributed by atoms with Crippen molar-refractivity contribution in [3.8, 4) is 5.75 Å². The number of nitro benzene ring substituents is 1. The van der Waals surface area contributed by atoms with E-state index in [0.29, 0.717) is 0 Å². The Labute approximate surface area is 175 Å². The predicted octanol–water partition coefficient (Wildman–Crippen LogP) is 4.62. The van der Waals surface area contributed by atoms with Crippen LogP contribution in [0.2, 0.25) is 0 Å². The van der Waals surface area contributed by atoms with Gasteiger partial charge in [0.05, 0.1) is 27.5 Å². The van der Waals surface area contributed by atoms with E-state index in [1.807, 2.05) is 0 Å². The first-order valence-corrected chi connectivity index (χ1v) is 9.95. The number of fused-ring (bicyclic) bond motifs is 1. The largest absolute Gasteiger partial charge is 0.494 e. The van der Waals surface area contributed by atoms with E-state index in [1.54, 1.807) is 6.92 Å². The minimum atomic E-state index is -5.47. The van der Waals surface area contributed by atoms with Gasteiger partial charge in [-0.1, -0.05) is 0 Å². The normalized spacial score (nSPS) is 12.8. The van der Waals surface area contributed by atoms with Crippen molar-refractivity contribution in [1.29, 1.82) is 0 Å². The number of nitrogens with zero attached hydrogens (tertiary/aromatic N) is 3. The van der Waals surface area contributed by atoms with Crippen LogP contribution >= 0.6 is 0 Å². The van der Waals surface area contributed by atoms with Crippen LogP contribution in [0.15, 0.2) is 41.3 Å². The zero-order chi connectivity index (χ0) is 24.1. The van der Waals surface area contributed by atoms with Crippen molar-refractivity contribution < 1.29 is 44.4 Å². The highest BCUT2D eigenvalue weighted by Gasteiger charge is 2.44. The van der Waals surface area contributed by atoms with Crippen LogP contribution in [-0.2, 0) is 22.4 Å². The molecule has 2 aromatic carbocycles. The Kier molecular flexibility index (Phi) is 5.57. The van der Waals surface area contributed by atoms with Gasteiger partial charge in [0, 0.05) is 6.07 Å². The zero-order valence-corrected chi connectivity index (χ0v) is 16.5. The third kappa shape index (κ3) is 4.06. The van der Waals surface area contributed by atoms with Crippen molar-refractivity contribution in [2.24, 2.45) is 0 Å². The van der Waals surface area contributed by atoms with Gasteiger partial charge in [-0.2, -0.15) is 26.3 Å². The average molecular weight is 483 g/mol. The fraction of sp³-hybridized carbons (Fsp3) is 0.235. The maximum absolute atomic E-state index is 13.6. The Balaban J connectivity index is 2.42. The molecular weight excluding hydrogens is 472 g/mol. The van der Waals surface area contributed by atoms with Crippen LogP contribution in [0.25, 0.3) is 11.0 Å². The fourth-order valence-corrected chi connectivity index (χ4v) is 4.30. The van der Waals surface area contributed by atoms with E-state index in [0.717, 1.165) is 24.3 Å². The molecule has 0 aliphatic carbocycles. The number of hydrogen-bond donors (Lipinski definition) is 0. The van der Waals surface area contributed by atoms with Crippen LogP contribution in [0.4, 0.5) is 32.0 Å². The first-order valence-electron chi connectivity index (χ1n) is 8.51. The molecule has 0 radical (unpaired) electrons. The standard InChI is InChI=1S/C17H11F6N3O5S/c1-2-31-10-3-5-11(6-4-10)32(29,30)25-12-7-9(16(18,19)20)8-13(26(27)28)14(12)24-15(25)17(21,22)23/h3-8H,2H2,1H3. The molecule has 1 heterocycles. The summed E-state index contributed by atoms with van der Waals surface area (Å²) >= 11 is 0. The van der Waals surface area contributed by atoms with Crippen molar-refractivity contribution in [3.63, 3.8) is 0 Å². The molecule has 0 aliphatic rings. The van der Waals surface area contributed by atoms with Gasteiger partial charge >= 0.3 is 12.4 Å². The molecule has 0 atom stereocenters. The number of benzene rings is 2. The summed E-state index contributed by atoms with van der Waals surface area (Å²) in [4.78, 5) is 12.1. The van der Waals surface area contributed by atoms with Crippen LogP contribution in [0.3, 0.4) is 0 Å². The third-order valence-corrected chi connectivity index (χ3v) is 5.87. The molecule has 1 aromatic heterocycles. The molecule has 3 rings (SSSR count). The van der Waals surface area contributed by atoms with E-state index in [9.17, 15) is 44.9 Å². The second-order valence-corrected chi connectivity index (χ2v) is 8.01. The van der Waals surface area contributed by atoms with Gasteiger partial charge in [-0.05, 0) is 37.3 Å². The average Bonchev–Trinajstić information content (AvgIpc) is 3.08. The van der Waals surface area contributed by atoms with Crippen LogP contribution in [0.1, 0.15) is 18.3 Å². The molecule has 0 aliphatic heterocycles. The number of nitro groups is 1. The smallest absolute Gasteiger partial charge is 0.450 e. The van der Waals surface area contributed by atoms with E-state index in [2.05, 4.69) is 4.98 Å². The van der Waals surface area contributed by atoms with Crippen molar-refractivity contribution >= 4 is 26.7 Å². The molecule has 0 fully saturated rings. The summed E-state index contributed by atoms with van der Waals surface area (Å²) in [6.45, 7) is 1.84. The highest BCUT2D eigenvalue weighted by molar-refractivity contribution is 7.90. The van der Waals surface area contributed by atoms with E-state index in [-0.39, 0.29) is 24.5 Å². The fourth-order valence-electron chi connectivity index (χ4n) is 2.84. The van der Waals surface area contributed by atoms with Crippen molar-refractivity contribution in [1.82, 2.24) is 8.96 Å². The van der Waals surface area contributed by atoms with Gasteiger partial charge in [0.1, 0.15) is 5.75 Å². The van der Waals surface area contributed by atoms with Crippen molar-refractivity contribution in [2.75, 3.05) is 6.61 Å². The number of imidazole rings is 1. The molecule has 8 nitrogen and oxygen atoms in total. The summed E-state index contributed by atoms with van der Waals surface area (Å²) in [5, 5.41) is 11.2. The molecular formula is C17H11F6N3O5S. The summed E-state index contributed by atoms with van der Waals surface area (Å²) in [7, 11) is -5.18. The Morgan fingerprint density at radius 3 is 2.12 bits per heavy atom. The highest BCUT2D eigenvalue weighted by Crippen LogP contribution is 2.40. The maximum Gasteiger partial charge on any atom is 0.450 e. The van der Waals surface area contributed by atoms with Crippen molar-refractivity contribution in [2.45, 2.75) is 24.2 Å². The van der Waals surface area contributed by atoms with Gasteiger partial charge < -0.3 is 4.74 Å². The number of non-ortho nitro benzene ring substituents is 1. The maximum atomic E-state index is 13.6. The minimum absolute atomic E-state index is 0.0106. The van der Waals surface area contributed by atoms with Crippen LogP contribution in [0, 0.1) is 10.1 Å². The van der Waals surface area contributed by atoms with Gasteiger partial charge in [0.2, 0.25) is 5.82 Å². The van der Waals surface area contributed by atoms with Gasteiger partial charge in [-0.3, -0.25) is 10.1 Å². The third-order valence-electron chi connectivity index (χ3n) is 4.15. The van der Waals surface area contributed by atoms with Crippen LogP contribution in [0.5, 0.6) is 5.75 Å². The number of halogens is 6. The van der Waals surface area contributed by atoms with Gasteiger partial charge in [-0.15, -0.1) is 0 Å². The molecule has 0 bridgehead atoms. The van der Waals surface area contributed by atoms with Crippen LogP contribution < -0.4 is 4.74 Å². The number of alkyl halides is 6. The Morgan fingerprint density at radius 1 is 1.06 bits per heavy atom. The molecule has 0 amide bonds. The lowest BCUT2D eigenvalue weighted by molar-refractivity contribution is -0.383. The number of hydrogen-bond acceptors (Lipinski definition) is 6. The molecule has 0 saturated carbocycles. The number of ether oxygens (including phenoxy) is 1. The van der Waals surface area contributed by atoms with E-state index in [4.69, 9.17) is 4.74 Å². The second kappa shape index (κ2) is 7.65. The molecule has 15 heteroatoms. The van der Waals surface area contributed by atoms with E-state index in [1.165, 1.54) is 0 Å². The van der Waals surface area contributed by atoms with Gasteiger partial charge in [0.25, 0.3) is 15.7 Å². The topological polar surface area (TPSA) is 104 Å². The zero-order valence-electron chi connectivity index (χ0n) is 15.7. The molecule has 3 aromatic rings. The SMILES string of the molecule is CCOc1ccc(S(=O)(=O)n2c(C(F)(F)F)nc3c([N+](=O)[O-])cc(C(F)(F)F)cc32)cc1. The quantitative estimate of drug-likeness (QED) is 0.298. The summed E-state index contributed by atoms with van der Waals surface area (Å²) in [5.41, 5.74) is -5.55. The van der Waals surface area contributed by atoms with Gasteiger partial charge in [0.15, 0.2) is 5.52 Å². The summed E-state index contributed by atoms with van der Waals surface area (Å²) < 4.78 is 111. The lowest BCUT2D eigenvalue weighted by Crippen LogP contribution is -2.22. The summed E-state index contributed by atoms with van der Waals surface area (Å²) in [5.74, 6) is -1.95. The monoisotopic (exact) mass is 483 g/mol. The molecule has 0 unspecified atom stereocenters. The lowest BCUT2D eigenvalue weighted by atomic mass is 10.1. The molecule has 0 saturated heterocycles. The Bertz CT molecular complexity index is 1300. The molecule has 0 N–H and O–H groups in total. The van der Waals surface area contributed by atoms with E-state index >= 15 is 0 Å². The second-order valence-electron chi connectivity index (χ2n) is 6.23. The number of aromatic nitrogens is 2. The highest BCUT2D eigenvalue weighted by atomic mass is 32.2. The molecule has 0 spiro atoms. The predicted molar refractivity (Wildman–Crippen MR) is 96.6 cm³/mol. The Hall–Kier alpha value is -3.36. The van der Waals surface area contributed by atoms with Crippen LogP contribution in [-0.4, -0.2) is 28.9 Å². The van der Waals surface area contributed by atoms with E-state index < -0.39 is 64.3 Å². The van der Waals surface area contributed by atoms with Gasteiger partial charge in [-0.25, -0.2) is 17.4 Å². The lowest BCUT2D eigenvalue weighted by Gasteiger charge is -2.13. The van der Waals surface area contributed by atoms with Crippen molar-refractivity contribution in [3.05, 3.63) is 57.9 Å². The number of rotatable bonds is 5. The summed E-state index contributed by atoms with van der Waals surface area (Å²) in [6.07, 6.45) is -10.7. The first kappa shape index (κ1) is 23.3. The summed E-state index contributed by atoms with van der Waals surface area (Å²) in [6, 6.07) is 4.08. The Morgan fingerprint density at radius 2 is 1.66 bits per heavy atom. The molecule has 172 valence electrons. The molecule has 32 heavy (non-hydrogen) atoms.